The van der Waals surface area contributed by atoms with E-state index < -0.39 is 24.3 Å². The molecule has 2 amide bonds. The SMILES string of the molecule is Cc1cccc(C)c1NC(=O)CN(C)C(=O)COC(=O)c1oc2ccc(F)cc2c1C. The number of hydrogen-bond acceptors (Lipinski definition) is 5. The van der Waals surface area contributed by atoms with Crippen LogP contribution in [-0.2, 0) is 14.3 Å². The summed E-state index contributed by atoms with van der Waals surface area (Å²) >= 11 is 0. The monoisotopic (exact) mass is 426 g/mol. The van der Waals surface area contributed by atoms with Crippen LogP contribution in [0.1, 0.15) is 27.2 Å². The van der Waals surface area contributed by atoms with Crippen molar-refractivity contribution in [3.8, 4) is 0 Å². The number of ether oxygens (including phenoxy) is 1. The number of anilines is 1. The van der Waals surface area contributed by atoms with Crippen LogP contribution in [0.15, 0.2) is 40.8 Å². The van der Waals surface area contributed by atoms with Crippen LogP contribution < -0.4 is 5.32 Å². The van der Waals surface area contributed by atoms with E-state index in [1.165, 1.54) is 25.2 Å². The minimum absolute atomic E-state index is 0.0937. The molecule has 2 aromatic carbocycles. The highest BCUT2D eigenvalue weighted by atomic mass is 19.1. The number of fused-ring (bicyclic) bond motifs is 1. The van der Waals surface area contributed by atoms with Crippen molar-refractivity contribution in [2.45, 2.75) is 20.8 Å². The Morgan fingerprint density at radius 2 is 1.77 bits per heavy atom. The standard InChI is InChI=1S/C23H23FN2O5/c1-13-6-5-7-14(2)21(13)25-19(27)11-26(4)20(28)12-30-23(29)22-15(3)17-10-16(24)8-9-18(17)31-22/h5-10H,11-12H2,1-4H3,(H,25,27). The van der Waals surface area contributed by atoms with E-state index in [-0.39, 0.29) is 18.2 Å². The summed E-state index contributed by atoms with van der Waals surface area (Å²) in [6, 6.07) is 9.56. The summed E-state index contributed by atoms with van der Waals surface area (Å²) in [5.41, 5.74) is 3.30. The van der Waals surface area contributed by atoms with Crippen molar-refractivity contribution >= 4 is 34.4 Å². The van der Waals surface area contributed by atoms with E-state index in [4.69, 9.17) is 9.15 Å². The summed E-state index contributed by atoms with van der Waals surface area (Å²) in [5, 5.41) is 3.25. The Morgan fingerprint density at radius 1 is 1.10 bits per heavy atom. The second-order valence-electron chi connectivity index (χ2n) is 7.34. The number of rotatable bonds is 6. The van der Waals surface area contributed by atoms with E-state index in [0.717, 1.165) is 16.0 Å². The fourth-order valence-electron chi connectivity index (χ4n) is 3.19. The molecule has 3 aromatic rings. The normalized spacial score (nSPS) is 10.7. The largest absolute Gasteiger partial charge is 0.450 e. The Balaban J connectivity index is 1.57. The molecule has 0 saturated heterocycles. The predicted octanol–water partition coefficient (Wildman–Crippen LogP) is 3.75. The summed E-state index contributed by atoms with van der Waals surface area (Å²) in [7, 11) is 1.44. The van der Waals surface area contributed by atoms with Crippen molar-refractivity contribution in [3.63, 3.8) is 0 Å². The lowest BCUT2D eigenvalue weighted by molar-refractivity contribution is -0.136. The van der Waals surface area contributed by atoms with E-state index >= 15 is 0 Å². The first-order chi connectivity index (χ1) is 14.7. The molecule has 8 heteroatoms. The summed E-state index contributed by atoms with van der Waals surface area (Å²) in [5.74, 6) is -2.30. The number of para-hydroxylation sites is 1. The molecule has 0 radical (unpaired) electrons. The van der Waals surface area contributed by atoms with Gasteiger partial charge in [-0.1, -0.05) is 18.2 Å². The van der Waals surface area contributed by atoms with Gasteiger partial charge >= 0.3 is 5.97 Å². The van der Waals surface area contributed by atoms with Gasteiger partial charge in [-0.2, -0.15) is 0 Å². The summed E-state index contributed by atoms with van der Waals surface area (Å²) in [6.07, 6.45) is 0. The summed E-state index contributed by atoms with van der Waals surface area (Å²) in [4.78, 5) is 38.1. The number of hydrogen-bond donors (Lipinski definition) is 1. The Bertz CT molecular complexity index is 1150. The molecule has 0 fully saturated rings. The number of esters is 1. The molecule has 3 rings (SSSR count). The van der Waals surface area contributed by atoms with Crippen molar-refractivity contribution in [3.05, 3.63) is 64.7 Å². The first-order valence-electron chi connectivity index (χ1n) is 9.63. The van der Waals surface area contributed by atoms with Gasteiger partial charge in [0.05, 0.1) is 6.54 Å². The number of aryl methyl sites for hydroxylation is 3. The molecule has 0 saturated carbocycles. The minimum atomic E-state index is -0.837. The van der Waals surface area contributed by atoms with Crippen molar-refractivity contribution in [2.75, 3.05) is 25.5 Å². The van der Waals surface area contributed by atoms with Crippen molar-refractivity contribution in [2.24, 2.45) is 0 Å². The predicted molar refractivity (Wildman–Crippen MR) is 113 cm³/mol. The number of nitrogens with one attached hydrogen (secondary N) is 1. The third-order valence-electron chi connectivity index (χ3n) is 4.96. The topological polar surface area (TPSA) is 88.9 Å². The van der Waals surface area contributed by atoms with E-state index in [1.807, 2.05) is 32.0 Å². The lowest BCUT2D eigenvalue weighted by Crippen LogP contribution is -2.37. The molecule has 7 nitrogen and oxygen atoms in total. The van der Waals surface area contributed by atoms with Crippen LogP contribution in [0.3, 0.4) is 0 Å². The number of carbonyl (C=O) groups is 3. The van der Waals surface area contributed by atoms with Gasteiger partial charge in [-0.3, -0.25) is 9.59 Å². The molecule has 0 unspecified atom stereocenters. The van der Waals surface area contributed by atoms with Gasteiger partial charge in [-0.05, 0) is 50.1 Å². The number of carbonyl (C=O) groups excluding carboxylic acids is 3. The van der Waals surface area contributed by atoms with Gasteiger partial charge < -0.3 is 19.4 Å². The smallest absolute Gasteiger partial charge is 0.375 e. The van der Waals surface area contributed by atoms with E-state index in [2.05, 4.69) is 5.32 Å². The van der Waals surface area contributed by atoms with Crippen LogP contribution >= 0.6 is 0 Å². The number of likely N-dealkylation sites (N-methyl/N-ethyl adjacent to an activating group) is 1. The molecule has 1 heterocycles. The molecule has 31 heavy (non-hydrogen) atoms. The highest BCUT2D eigenvalue weighted by Crippen LogP contribution is 2.26. The van der Waals surface area contributed by atoms with Crippen LogP contribution in [0.2, 0.25) is 0 Å². The molecule has 0 aliphatic carbocycles. The van der Waals surface area contributed by atoms with Crippen LogP contribution in [-0.4, -0.2) is 42.9 Å². The first-order valence-corrected chi connectivity index (χ1v) is 9.63. The number of amides is 2. The number of halogens is 1. The Kier molecular flexibility index (Phi) is 6.39. The molecule has 0 aliphatic rings. The van der Waals surface area contributed by atoms with Crippen molar-refractivity contribution in [1.29, 1.82) is 0 Å². The highest BCUT2D eigenvalue weighted by molar-refractivity contribution is 5.98. The first kappa shape index (κ1) is 22.0. The average Bonchev–Trinajstić information content (AvgIpc) is 3.04. The van der Waals surface area contributed by atoms with E-state index in [1.54, 1.807) is 6.92 Å². The molecular formula is C23H23FN2O5. The zero-order chi connectivity index (χ0) is 22.7. The number of nitrogens with zero attached hydrogens (tertiary/aromatic N) is 1. The maximum Gasteiger partial charge on any atom is 0.375 e. The van der Waals surface area contributed by atoms with Gasteiger partial charge in [0.1, 0.15) is 11.4 Å². The third-order valence-corrected chi connectivity index (χ3v) is 4.96. The number of furan rings is 1. The van der Waals surface area contributed by atoms with Crippen LogP contribution in [0.4, 0.5) is 10.1 Å². The average molecular weight is 426 g/mol. The molecule has 0 spiro atoms. The molecular weight excluding hydrogens is 403 g/mol. The molecule has 0 atom stereocenters. The van der Waals surface area contributed by atoms with Gasteiger partial charge in [0.2, 0.25) is 11.7 Å². The second kappa shape index (κ2) is 8.99. The van der Waals surface area contributed by atoms with Crippen molar-refractivity contribution < 1.29 is 27.9 Å². The zero-order valence-electron chi connectivity index (χ0n) is 17.7. The fourth-order valence-corrected chi connectivity index (χ4v) is 3.19. The molecule has 1 N–H and O–H groups in total. The maximum absolute atomic E-state index is 13.4. The van der Waals surface area contributed by atoms with Gasteiger partial charge in [0, 0.05) is 23.7 Å². The summed E-state index contributed by atoms with van der Waals surface area (Å²) < 4.78 is 23.9. The highest BCUT2D eigenvalue weighted by Gasteiger charge is 2.22. The van der Waals surface area contributed by atoms with E-state index in [0.29, 0.717) is 22.2 Å². The zero-order valence-corrected chi connectivity index (χ0v) is 17.7. The Labute approximate surface area is 178 Å². The van der Waals surface area contributed by atoms with Crippen LogP contribution in [0.5, 0.6) is 0 Å². The lowest BCUT2D eigenvalue weighted by atomic mass is 10.1. The van der Waals surface area contributed by atoms with Gasteiger partial charge in [-0.15, -0.1) is 0 Å². The lowest BCUT2D eigenvalue weighted by Gasteiger charge is -2.18. The number of benzene rings is 2. The Morgan fingerprint density at radius 3 is 2.45 bits per heavy atom. The van der Waals surface area contributed by atoms with Gasteiger partial charge in [0.25, 0.3) is 5.91 Å². The molecule has 0 aliphatic heterocycles. The molecule has 162 valence electrons. The second-order valence-corrected chi connectivity index (χ2v) is 7.34. The maximum atomic E-state index is 13.4. The minimum Gasteiger partial charge on any atom is -0.450 e. The summed E-state index contributed by atoms with van der Waals surface area (Å²) in [6.45, 7) is 4.61. The van der Waals surface area contributed by atoms with E-state index in [9.17, 15) is 18.8 Å². The third kappa shape index (κ3) is 4.91. The van der Waals surface area contributed by atoms with Crippen molar-refractivity contribution in [1.82, 2.24) is 4.90 Å². The van der Waals surface area contributed by atoms with Gasteiger partial charge in [-0.25, -0.2) is 9.18 Å². The quantitative estimate of drug-likeness (QED) is 0.607. The fraction of sp³-hybridized carbons (Fsp3) is 0.261. The van der Waals surface area contributed by atoms with Crippen LogP contribution in [0.25, 0.3) is 11.0 Å². The Hall–Kier alpha value is -3.68. The molecule has 0 bridgehead atoms. The van der Waals surface area contributed by atoms with Gasteiger partial charge in [0.15, 0.2) is 6.61 Å². The molecule has 1 aromatic heterocycles. The van der Waals surface area contributed by atoms with Crippen LogP contribution in [0, 0.1) is 26.6 Å².